The molecular weight excluding hydrogens is 406 g/mol. The van der Waals surface area contributed by atoms with Crippen LogP contribution in [0.4, 0.5) is 0 Å². The highest BCUT2D eigenvalue weighted by molar-refractivity contribution is 5.94. The normalized spacial score (nSPS) is 31.1. The zero-order valence-electron chi connectivity index (χ0n) is 18.4. The molecule has 168 valence electrons. The predicted octanol–water partition coefficient (Wildman–Crippen LogP) is 1.34. The lowest BCUT2D eigenvalue weighted by atomic mass is 9.49. The molecule has 1 amide bonds. The first-order valence-electron chi connectivity index (χ1n) is 11.6. The van der Waals surface area contributed by atoms with Gasteiger partial charge in [0.2, 0.25) is 0 Å². The van der Waals surface area contributed by atoms with Crippen LogP contribution in [0, 0.1) is 0 Å². The van der Waals surface area contributed by atoms with E-state index in [9.17, 15) is 19.8 Å². The van der Waals surface area contributed by atoms with Gasteiger partial charge < -0.3 is 25.0 Å². The number of likely N-dealkylation sites (tertiary alicyclic amines) is 2. The molecule has 7 heteroatoms. The second-order valence-electron chi connectivity index (χ2n) is 10.2. The van der Waals surface area contributed by atoms with E-state index in [1.54, 1.807) is 23.1 Å². The molecule has 7 nitrogen and oxygen atoms in total. The predicted molar refractivity (Wildman–Crippen MR) is 119 cm³/mol. The van der Waals surface area contributed by atoms with Gasteiger partial charge >= 0.3 is 0 Å². The van der Waals surface area contributed by atoms with Gasteiger partial charge in [0.05, 0.1) is 5.60 Å². The number of nitrogens with zero attached hydrogens (tertiary/aromatic N) is 2. The number of aliphatic hydroxyl groups is 1. The van der Waals surface area contributed by atoms with E-state index >= 15 is 0 Å². The molecule has 2 aliphatic heterocycles. The van der Waals surface area contributed by atoms with Crippen LogP contribution in [0.3, 0.4) is 0 Å². The third kappa shape index (κ3) is 2.55. The van der Waals surface area contributed by atoms with Crippen LogP contribution in [-0.4, -0.2) is 69.2 Å². The standard InChI is InChI=1S/C25H29N3O4/c1-27-9-6-24-14-20-16(10-18(22(30)26-20)23(31)28-7-2-3-8-28)13-25(24,32)21(27)11-15-4-5-17(29)12-19(15)24/h4-5,10,12,21,29,32H,2-3,6-9,11,13-14H2,1H3,(H,26,30)/t21-,24-,25-/m1/s1. The summed E-state index contributed by atoms with van der Waals surface area (Å²) in [7, 11) is 2.06. The highest BCUT2D eigenvalue weighted by Crippen LogP contribution is 2.56. The summed E-state index contributed by atoms with van der Waals surface area (Å²) in [6.07, 6.45) is 4.26. The topological polar surface area (TPSA) is 96.9 Å². The monoisotopic (exact) mass is 435 g/mol. The van der Waals surface area contributed by atoms with E-state index in [0.29, 0.717) is 32.4 Å². The van der Waals surface area contributed by atoms with Crippen molar-refractivity contribution in [1.82, 2.24) is 14.8 Å². The summed E-state index contributed by atoms with van der Waals surface area (Å²) in [5, 5.41) is 22.6. The molecule has 32 heavy (non-hydrogen) atoms. The lowest BCUT2D eigenvalue weighted by Crippen LogP contribution is -2.73. The fourth-order valence-electron chi connectivity index (χ4n) is 6.90. The third-order valence-electron chi connectivity index (χ3n) is 8.60. The third-order valence-corrected chi connectivity index (χ3v) is 8.60. The van der Waals surface area contributed by atoms with Gasteiger partial charge in [0.15, 0.2) is 0 Å². The quantitative estimate of drug-likeness (QED) is 0.628. The van der Waals surface area contributed by atoms with Gasteiger partial charge in [-0.25, -0.2) is 0 Å². The van der Waals surface area contributed by atoms with Gasteiger partial charge in [0.25, 0.3) is 11.5 Å². The van der Waals surface area contributed by atoms with Crippen molar-refractivity contribution in [1.29, 1.82) is 0 Å². The largest absolute Gasteiger partial charge is 0.508 e. The number of carbonyl (C=O) groups excluding carboxylic acids is 1. The van der Waals surface area contributed by atoms with Crippen LogP contribution in [0.2, 0.25) is 0 Å². The Kier molecular flexibility index (Phi) is 4.18. The number of amides is 1. The molecule has 2 bridgehead atoms. The number of aromatic amines is 1. The molecule has 3 heterocycles. The average Bonchev–Trinajstić information content (AvgIpc) is 3.30. The molecule has 4 aliphatic rings. The number of hydrogen-bond donors (Lipinski definition) is 3. The van der Waals surface area contributed by atoms with Gasteiger partial charge in [-0.1, -0.05) is 6.07 Å². The lowest BCUT2D eigenvalue weighted by Gasteiger charge is -2.63. The number of likely N-dealkylation sites (N-methyl/N-ethyl adjacent to an activating group) is 1. The molecule has 0 saturated carbocycles. The maximum atomic E-state index is 13.0. The molecule has 3 atom stereocenters. The minimum absolute atomic E-state index is 0.0638. The van der Waals surface area contributed by atoms with Crippen molar-refractivity contribution >= 4 is 5.91 Å². The van der Waals surface area contributed by atoms with Gasteiger partial charge in [0.1, 0.15) is 11.3 Å². The first-order valence-corrected chi connectivity index (χ1v) is 11.6. The van der Waals surface area contributed by atoms with Crippen LogP contribution in [0.25, 0.3) is 0 Å². The number of fused-ring (bicyclic) bond motifs is 2. The van der Waals surface area contributed by atoms with Gasteiger partial charge in [-0.3, -0.25) is 9.59 Å². The maximum Gasteiger partial charge on any atom is 0.261 e. The second-order valence-corrected chi connectivity index (χ2v) is 10.2. The fraction of sp³-hybridized carbons (Fsp3) is 0.520. The molecule has 2 saturated heterocycles. The number of hydrogen-bond acceptors (Lipinski definition) is 5. The van der Waals surface area contributed by atoms with Crippen LogP contribution in [0.5, 0.6) is 5.75 Å². The summed E-state index contributed by atoms with van der Waals surface area (Å²) in [6.45, 7) is 2.22. The molecule has 0 spiro atoms. The summed E-state index contributed by atoms with van der Waals surface area (Å²) in [4.78, 5) is 32.9. The fourth-order valence-corrected chi connectivity index (χ4v) is 6.90. The van der Waals surface area contributed by atoms with E-state index in [-0.39, 0.29) is 28.8 Å². The summed E-state index contributed by atoms with van der Waals surface area (Å²) in [5.41, 5.74) is 2.01. The molecule has 3 N–H and O–H groups in total. The Balaban J connectivity index is 1.50. The number of aromatic nitrogens is 1. The molecule has 2 aromatic rings. The van der Waals surface area contributed by atoms with Crippen molar-refractivity contribution in [3.63, 3.8) is 0 Å². The summed E-state index contributed by atoms with van der Waals surface area (Å²) in [6, 6.07) is 7.15. The molecular formula is C25H29N3O4. The number of aromatic hydroxyl groups is 1. The summed E-state index contributed by atoms with van der Waals surface area (Å²) < 4.78 is 0. The maximum absolute atomic E-state index is 13.0. The number of piperidine rings is 1. The van der Waals surface area contributed by atoms with Crippen LogP contribution in [0.15, 0.2) is 29.1 Å². The van der Waals surface area contributed by atoms with Crippen LogP contribution >= 0.6 is 0 Å². The van der Waals surface area contributed by atoms with E-state index in [1.807, 2.05) is 6.07 Å². The Labute approximate surface area is 186 Å². The Bertz CT molecular complexity index is 1180. The van der Waals surface area contributed by atoms with Crippen LogP contribution < -0.4 is 5.56 Å². The minimum atomic E-state index is -1.04. The highest BCUT2D eigenvalue weighted by atomic mass is 16.3. The number of benzene rings is 1. The number of carbonyl (C=O) groups is 1. The molecule has 0 unspecified atom stereocenters. The first kappa shape index (κ1) is 20.0. The van der Waals surface area contributed by atoms with E-state index < -0.39 is 11.0 Å². The Hall–Kier alpha value is -2.64. The van der Waals surface area contributed by atoms with Gasteiger partial charge in [-0.05, 0) is 74.2 Å². The SMILES string of the molecule is CN1CC[C@]23Cc4[nH]c(=O)c(C(=O)N5CCCC5)cc4C[C@@]2(O)[C@H]1Cc1ccc(O)cc13. The van der Waals surface area contributed by atoms with E-state index in [4.69, 9.17) is 0 Å². The summed E-state index contributed by atoms with van der Waals surface area (Å²) >= 11 is 0. The molecule has 1 aromatic carbocycles. The van der Waals surface area contributed by atoms with Gasteiger partial charge in [-0.2, -0.15) is 0 Å². The second kappa shape index (κ2) is 6.68. The lowest BCUT2D eigenvalue weighted by molar-refractivity contribution is -0.145. The van der Waals surface area contributed by atoms with Crippen molar-refractivity contribution in [3.8, 4) is 5.75 Å². The molecule has 1 aromatic heterocycles. The number of phenolic OH excluding ortho intramolecular Hbond substituents is 1. The van der Waals surface area contributed by atoms with Crippen molar-refractivity contribution in [2.75, 3.05) is 26.7 Å². The number of pyridine rings is 1. The molecule has 0 radical (unpaired) electrons. The summed E-state index contributed by atoms with van der Waals surface area (Å²) in [5.74, 6) is -0.0150. The zero-order chi connectivity index (χ0) is 22.3. The number of rotatable bonds is 1. The molecule has 6 rings (SSSR count). The van der Waals surface area contributed by atoms with Crippen molar-refractivity contribution < 1.29 is 15.0 Å². The number of phenols is 1. The zero-order valence-corrected chi connectivity index (χ0v) is 18.4. The first-order chi connectivity index (χ1) is 15.3. The Morgan fingerprint density at radius 1 is 1.12 bits per heavy atom. The highest BCUT2D eigenvalue weighted by Gasteiger charge is 2.64. The van der Waals surface area contributed by atoms with Crippen LogP contribution in [0.1, 0.15) is 52.0 Å². The smallest absolute Gasteiger partial charge is 0.261 e. The van der Waals surface area contributed by atoms with Crippen LogP contribution in [-0.2, 0) is 24.7 Å². The van der Waals surface area contributed by atoms with E-state index in [2.05, 4.69) is 16.9 Å². The number of H-pyrrole nitrogens is 1. The van der Waals surface area contributed by atoms with Gasteiger partial charge in [0, 0.05) is 43.1 Å². The van der Waals surface area contributed by atoms with Crippen molar-refractivity contribution in [2.45, 2.75) is 55.6 Å². The minimum Gasteiger partial charge on any atom is -0.508 e. The number of nitrogens with one attached hydrogen (secondary N) is 1. The van der Waals surface area contributed by atoms with E-state index in [1.165, 1.54) is 0 Å². The van der Waals surface area contributed by atoms with Crippen molar-refractivity contribution in [2.24, 2.45) is 0 Å². The van der Waals surface area contributed by atoms with Crippen molar-refractivity contribution in [3.05, 3.63) is 62.6 Å². The van der Waals surface area contributed by atoms with E-state index in [0.717, 1.165) is 48.2 Å². The van der Waals surface area contributed by atoms with Gasteiger partial charge in [-0.15, -0.1) is 0 Å². The molecule has 2 fully saturated rings. The molecule has 2 aliphatic carbocycles. The Morgan fingerprint density at radius 2 is 1.91 bits per heavy atom. The average molecular weight is 436 g/mol. The Morgan fingerprint density at radius 3 is 2.69 bits per heavy atom.